The lowest BCUT2D eigenvalue weighted by molar-refractivity contribution is 0.278. The van der Waals surface area contributed by atoms with E-state index in [0.717, 1.165) is 24.4 Å². The van der Waals surface area contributed by atoms with Gasteiger partial charge >= 0.3 is 0 Å². The average molecular weight is 276 g/mol. The van der Waals surface area contributed by atoms with Gasteiger partial charge in [0.15, 0.2) is 0 Å². The van der Waals surface area contributed by atoms with E-state index in [-0.39, 0.29) is 0 Å². The lowest BCUT2D eigenvalue weighted by atomic mass is 10.1. The summed E-state index contributed by atoms with van der Waals surface area (Å²) < 4.78 is 0. The summed E-state index contributed by atoms with van der Waals surface area (Å²) in [4.78, 5) is 2.58. The van der Waals surface area contributed by atoms with E-state index in [1.807, 2.05) is 0 Å². The predicted molar refractivity (Wildman–Crippen MR) is 83.5 cm³/mol. The Balaban J connectivity index is 1.50. The highest BCUT2D eigenvalue weighted by molar-refractivity contribution is 7.99. The van der Waals surface area contributed by atoms with Gasteiger partial charge in [0.25, 0.3) is 0 Å². The smallest absolute Gasteiger partial charge is 0.0234 e. The van der Waals surface area contributed by atoms with Gasteiger partial charge in [-0.3, -0.25) is 4.90 Å². The SMILES string of the molecule is CC1CN(Cc2ccc(CNC3CC3)cc2)CCS1. The molecule has 2 aliphatic rings. The maximum atomic E-state index is 3.57. The summed E-state index contributed by atoms with van der Waals surface area (Å²) in [5.74, 6) is 1.28. The van der Waals surface area contributed by atoms with Crippen molar-refractivity contribution in [1.29, 1.82) is 0 Å². The Kier molecular flexibility index (Phi) is 4.46. The lowest BCUT2D eigenvalue weighted by Gasteiger charge is -2.30. The van der Waals surface area contributed by atoms with Gasteiger partial charge < -0.3 is 5.32 Å². The van der Waals surface area contributed by atoms with Crippen LogP contribution >= 0.6 is 11.8 Å². The molecule has 2 fully saturated rings. The van der Waals surface area contributed by atoms with Gasteiger partial charge in [0.1, 0.15) is 0 Å². The molecule has 1 saturated carbocycles. The summed E-state index contributed by atoms with van der Waals surface area (Å²) >= 11 is 2.10. The second kappa shape index (κ2) is 6.29. The first-order chi connectivity index (χ1) is 9.29. The first-order valence-electron chi connectivity index (χ1n) is 7.45. The molecule has 1 unspecified atom stereocenters. The summed E-state index contributed by atoms with van der Waals surface area (Å²) in [5.41, 5.74) is 2.87. The fraction of sp³-hybridized carbons (Fsp3) is 0.625. The van der Waals surface area contributed by atoms with Crippen LogP contribution in [0.5, 0.6) is 0 Å². The van der Waals surface area contributed by atoms with Gasteiger partial charge in [-0.05, 0) is 24.0 Å². The van der Waals surface area contributed by atoms with Gasteiger partial charge in [-0.15, -0.1) is 0 Å². The normalized spacial score (nSPS) is 24.6. The van der Waals surface area contributed by atoms with Crippen molar-refractivity contribution in [3.63, 3.8) is 0 Å². The molecule has 3 rings (SSSR count). The molecular formula is C16H24N2S. The standard InChI is InChI=1S/C16H24N2S/c1-13-11-18(8-9-19-13)12-15-4-2-14(3-5-15)10-17-16-6-7-16/h2-5,13,16-17H,6-12H2,1H3. The molecule has 1 aliphatic carbocycles. The quantitative estimate of drug-likeness (QED) is 0.890. The van der Waals surface area contributed by atoms with E-state index in [1.54, 1.807) is 0 Å². The molecule has 104 valence electrons. The minimum absolute atomic E-state index is 0.788. The second-order valence-corrected chi connectivity index (χ2v) is 7.43. The molecule has 2 nitrogen and oxygen atoms in total. The average Bonchev–Trinajstić information content (AvgIpc) is 3.22. The number of rotatable bonds is 5. The zero-order chi connectivity index (χ0) is 13.1. The summed E-state index contributed by atoms with van der Waals surface area (Å²) in [6.45, 7) is 6.95. The van der Waals surface area contributed by atoms with Crippen LogP contribution in [-0.2, 0) is 13.1 Å². The highest BCUT2D eigenvalue weighted by atomic mass is 32.2. The monoisotopic (exact) mass is 276 g/mol. The van der Waals surface area contributed by atoms with Gasteiger partial charge in [0.2, 0.25) is 0 Å². The summed E-state index contributed by atoms with van der Waals surface area (Å²) in [5, 5.41) is 4.35. The third-order valence-corrected chi connectivity index (χ3v) is 5.06. The minimum Gasteiger partial charge on any atom is -0.310 e. The van der Waals surface area contributed by atoms with Crippen LogP contribution in [0.25, 0.3) is 0 Å². The van der Waals surface area contributed by atoms with Crippen molar-refractivity contribution in [3.8, 4) is 0 Å². The van der Waals surface area contributed by atoms with Crippen LogP contribution in [0.3, 0.4) is 0 Å². The number of hydrogen-bond acceptors (Lipinski definition) is 3. The van der Waals surface area contributed by atoms with Gasteiger partial charge in [-0.25, -0.2) is 0 Å². The molecule has 0 amide bonds. The van der Waals surface area contributed by atoms with Crippen LogP contribution < -0.4 is 5.32 Å². The summed E-state index contributed by atoms with van der Waals surface area (Å²) in [6, 6.07) is 9.97. The van der Waals surface area contributed by atoms with E-state index < -0.39 is 0 Å². The molecule has 0 aromatic heterocycles. The van der Waals surface area contributed by atoms with Crippen LogP contribution in [-0.4, -0.2) is 35.0 Å². The number of benzene rings is 1. The molecule has 1 heterocycles. The zero-order valence-corrected chi connectivity index (χ0v) is 12.6. The third-order valence-electron chi connectivity index (χ3n) is 3.93. The van der Waals surface area contributed by atoms with Crippen molar-refractivity contribution in [2.75, 3.05) is 18.8 Å². The van der Waals surface area contributed by atoms with Crippen molar-refractivity contribution >= 4 is 11.8 Å². The molecule has 1 aliphatic heterocycles. The maximum absolute atomic E-state index is 3.57. The molecule has 3 heteroatoms. The molecule has 19 heavy (non-hydrogen) atoms. The molecule has 1 aromatic carbocycles. The van der Waals surface area contributed by atoms with E-state index >= 15 is 0 Å². The molecule has 0 bridgehead atoms. The molecule has 1 N–H and O–H groups in total. The molecule has 1 saturated heterocycles. The maximum Gasteiger partial charge on any atom is 0.0234 e. The lowest BCUT2D eigenvalue weighted by Crippen LogP contribution is -2.35. The molecule has 0 spiro atoms. The molecule has 1 atom stereocenters. The van der Waals surface area contributed by atoms with Crippen LogP contribution in [0.1, 0.15) is 30.9 Å². The number of thioether (sulfide) groups is 1. The van der Waals surface area contributed by atoms with Crippen molar-refractivity contribution in [2.24, 2.45) is 0 Å². The minimum atomic E-state index is 0.788. The van der Waals surface area contributed by atoms with E-state index in [9.17, 15) is 0 Å². The molecular weight excluding hydrogens is 252 g/mol. The Bertz CT molecular complexity index is 400. The van der Waals surface area contributed by atoms with E-state index in [4.69, 9.17) is 0 Å². The summed E-state index contributed by atoms with van der Waals surface area (Å²) in [7, 11) is 0. The largest absolute Gasteiger partial charge is 0.310 e. The number of nitrogens with zero attached hydrogens (tertiary/aromatic N) is 1. The van der Waals surface area contributed by atoms with Crippen LogP contribution in [0.4, 0.5) is 0 Å². The first-order valence-corrected chi connectivity index (χ1v) is 8.49. The Morgan fingerprint density at radius 3 is 2.63 bits per heavy atom. The van der Waals surface area contributed by atoms with E-state index in [2.05, 4.69) is 53.2 Å². The molecule has 0 radical (unpaired) electrons. The van der Waals surface area contributed by atoms with Crippen LogP contribution in [0.2, 0.25) is 0 Å². The summed E-state index contributed by atoms with van der Waals surface area (Å²) in [6.07, 6.45) is 2.73. The second-order valence-electron chi connectivity index (χ2n) is 5.89. The van der Waals surface area contributed by atoms with Gasteiger partial charge in [0, 0.05) is 43.2 Å². The van der Waals surface area contributed by atoms with Gasteiger partial charge in [-0.1, -0.05) is 31.2 Å². The highest BCUT2D eigenvalue weighted by Gasteiger charge is 2.20. The van der Waals surface area contributed by atoms with Gasteiger partial charge in [0.05, 0.1) is 0 Å². The van der Waals surface area contributed by atoms with Crippen LogP contribution in [0.15, 0.2) is 24.3 Å². The topological polar surface area (TPSA) is 15.3 Å². The fourth-order valence-electron chi connectivity index (χ4n) is 2.60. The first kappa shape index (κ1) is 13.5. The van der Waals surface area contributed by atoms with E-state index in [0.29, 0.717) is 0 Å². The van der Waals surface area contributed by atoms with Crippen molar-refractivity contribution in [1.82, 2.24) is 10.2 Å². The molecule has 1 aromatic rings. The van der Waals surface area contributed by atoms with Crippen molar-refractivity contribution in [2.45, 2.75) is 44.1 Å². The third kappa shape index (κ3) is 4.23. The van der Waals surface area contributed by atoms with Crippen LogP contribution in [0, 0.1) is 0 Å². The Morgan fingerprint density at radius 2 is 1.95 bits per heavy atom. The van der Waals surface area contributed by atoms with Gasteiger partial charge in [-0.2, -0.15) is 11.8 Å². The number of nitrogens with one attached hydrogen (secondary N) is 1. The highest BCUT2D eigenvalue weighted by Crippen LogP contribution is 2.21. The Morgan fingerprint density at radius 1 is 1.21 bits per heavy atom. The van der Waals surface area contributed by atoms with Crippen molar-refractivity contribution in [3.05, 3.63) is 35.4 Å². The zero-order valence-electron chi connectivity index (χ0n) is 11.8. The fourth-order valence-corrected chi connectivity index (χ4v) is 3.69. The van der Waals surface area contributed by atoms with E-state index in [1.165, 1.54) is 42.8 Å². The Hall–Kier alpha value is -0.510. The van der Waals surface area contributed by atoms with Crippen molar-refractivity contribution < 1.29 is 0 Å². The number of hydrogen-bond donors (Lipinski definition) is 1. The Labute approximate surface area is 121 Å². The predicted octanol–water partition coefficient (Wildman–Crippen LogP) is 2.88.